The fraction of sp³-hybridized carbons (Fsp3) is 0.357. The minimum Gasteiger partial charge on any atom is -0.481 e. The van der Waals surface area contributed by atoms with Crippen molar-refractivity contribution in [3.05, 3.63) is 59.6 Å². The van der Waals surface area contributed by atoms with Crippen LogP contribution in [0.3, 0.4) is 0 Å². The molecule has 12 nitrogen and oxygen atoms in total. The van der Waals surface area contributed by atoms with Crippen molar-refractivity contribution in [3.63, 3.8) is 0 Å². The van der Waals surface area contributed by atoms with E-state index in [1.54, 1.807) is 44.4 Å². The van der Waals surface area contributed by atoms with E-state index in [1.807, 2.05) is 37.3 Å². The van der Waals surface area contributed by atoms with Gasteiger partial charge in [-0.3, -0.25) is 19.3 Å². The van der Waals surface area contributed by atoms with Gasteiger partial charge in [0.15, 0.2) is 11.7 Å². The number of hydrogen-bond donors (Lipinski definition) is 5. The number of carboxylic acid groups (broad SMARTS) is 1. The molecule has 1 fully saturated rings. The first kappa shape index (κ1) is 30.1. The highest BCUT2D eigenvalue weighted by atomic mass is 16.6. The van der Waals surface area contributed by atoms with E-state index in [4.69, 9.17) is 24.5 Å². The average molecular weight is 554 g/mol. The Bertz CT molecular complexity index is 1400. The summed E-state index contributed by atoms with van der Waals surface area (Å²) in [6, 6.07) is 9.29. The summed E-state index contributed by atoms with van der Waals surface area (Å²) in [6.07, 6.45) is 5.04. The lowest BCUT2D eigenvalue weighted by Crippen LogP contribution is -2.58. The zero-order chi connectivity index (χ0) is 29.4. The largest absolute Gasteiger partial charge is 0.481 e. The van der Waals surface area contributed by atoms with Gasteiger partial charge in [0.2, 0.25) is 5.78 Å². The Morgan fingerprint density at radius 1 is 1.30 bits per heavy atom. The zero-order valence-corrected chi connectivity index (χ0v) is 23.1. The molecule has 2 unspecified atom stereocenters. The number of hydrogen-bond acceptors (Lipinski definition) is 10. The van der Waals surface area contributed by atoms with E-state index in [0.29, 0.717) is 23.4 Å². The lowest BCUT2D eigenvalue weighted by atomic mass is 9.97. The molecule has 0 spiro atoms. The van der Waals surface area contributed by atoms with Crippen LogP contribution in [0.5, 0.6) is 0 Å². The summed E-state index contributed by atoms with van der Waals surface area (Å²) in [5.41, 5.74) is 3.77. The fourth-order valence-electron chi connectivity index (χ4n) is 4.29. The monoisotopic (exact) mass is 553 g/mol. The van der Waals surface area contributed by atoms with E-state index in [-0.39, 0.29) is 19.0 Å². The van der Waals surface area contributed by atoms with Gasteiger partial charge in [-0.25, -0.2) is 4.98 Å². The van der Waals surface area contributed by atoms with Gasteiger partial charge in [0.25, 0.3) is 11.8 Å². The van der Waals surface area contributed by atoms with Crippen molar-refractivity contribution >= 4 is 46.2 Å². The number of allylic oxidation sites excluding steroid dienone is 1. The standard InChI is InChI=1S/C26H31N5O5.C2H4O2/c1-5-35-25(34)22-23(33)21(14-17-15-29-24-19(17)7-6-10-28-24)36-26(22,31(3)4)30-20-9-8-18(13-16(20)2)27-11-12-32;1-2(3)4/h6-10,13-15,22,27,30,32H,5,11-12H2,1-4H3,(H,28,29);1H3,(H,3,4). The molecule has 1 aliphatic heterocycles. The van der Waals surface area contributed by atoms with Crippen LogP contribution in [-0.4, -0.2) is 82.5 Å². The predicted molar refractivity (Wildman–Crippen MR) is 150 cm³/mol. The number of aliphatic hydroxyl groups excluding tert-OH is 1. The molecule has 0 bridgehead atoms. The highest BCUT2D eigenvalue weighted by Crippen LogP contribution is 2.41. The summed E-state index contributed by atoms with van der Waals surface area (Å²) in [4.78, 5) is 44.8. The van der Waals surface area contributed by atoms with Crippen molar-refractivity contribution in [2.45, 2.75) is 26.6 Å². The van der Waals surface area contributed by atoms with Crippen molar-refractivity contribution < 1.29 is 34.1 Å². The lowest BCUT2D eigenvalue weighted by Gasteiger charge is -2.39. The number of anilines is 2. The normalized spacial score (nSPS) is 19.2. The molecule has 0 aliphatic carbocycles. The SMILES string of the molecule is CC(=O)O.CCOC(=O)C1C(=O)C(=Cc2c[nH]c3ncccc23)OC1(Nc1ccc(NCCO)cc1C)N(C)C. The number of aryl methyl sites for hydroxylation is 1. The highest BCUT2D eigenvalue weighted by Gasteiger charge is 2.60. The van der Waals surface area contributed by atoms with Crippen LogP contribution in [0.25, 0.3) is 17.1 Å². The average Bonchev–Trinajstić information content (AvgIpc) is 3.43. The van der Waals surface area contributed by atoms with Crippen LogP contribution in [0.4, 0.5) is 11.4 Å². The quantitative estimate of drug-likeness (QED) is 0.114. The number of Topliss-reactive ketones (excluding diaryl/α,β-unsaturated/α-hetero) is 1. The Labute approximate surface area is 232 Å². The first-order valence-electron chi connectivity index (χ1n) is 12.7. The van der Waals surface area contributed by atoms with Crippen molar-refractivity contribution in [2.75, 3.05) is 44.5 Å². The summed E-state index contributed by atoms with van der Waals surface area (Å²) in [7, 11) is 3.47. The van der Waals surface area contributed by atoms with Gasteiger partial charge in [-0.15, -0.1) is 0 Å². The molecule has 12 heteroatoms. The minimum atomic E-state index is -1.52. The zero-order valence-electron chi connectivity index (χ0n) is 23.1. The lowest BCUT2D eigenvalue weighted by molar-refractivity contribution is -0.163. The molecule has 40 heavy (non-hydrogen) atoms. The van der Waals surface area contributed by atoms with Gasteiger partial charge >= 0.3 is 5.97 Å². The summed E-state index contributed by atoms with van der Waals surface area (Å²) in [5, 5.41) is 23.8. The summed E-state index contributed by atoms with van der Waals surface area (Å²) >= 11 is 0. The maximum absolute atomic E-state index is 13.6. The summed E-state index contributed by atoms with van der Waals surface area (Å²) in [6.45, 7) is 5.25. The Morgan fingerprint density at radius 3 is 2.65 bits per heavy atom. The maximum Gasteiger partial charge on any atom is 0.324 e. The molecule has 0 amide bonds. The Hall–Kier alpha value is -4.42. The van der Waals surface area contributed by atoms with Crippen molar-refractivity contribution in [1.82, 2.24) is 14.9 Å². The van der Waals surface area contributed by atoms with Gasteiger partial charge in [-0.05, 0) is 69.9 Å². The maximum atomic E-state index is 13.6. The molecular weight excluding hydrogens is 518 g/mol. The Morgan fingerprint density at radius 2 is 2.02 bits per heavy atom. The number of aliphatic hydroxyl groups is 1. The number of carbonyl (C=O) groups excluding carboxylic acids is 2. The molecule has 0 radical (unpaired) electrons. The number of aliphatic carboxylic acids is 1. The number of benzene rings is 1. The molecule has 214 valence electrons. The minimum absolute atomic E-state index is 0.0154. The van der Waals surface area contributed by atoms with Crippen molar-refractivity contribution in [2.24, 2.45) is 5.92 Å². The van der Waals surface area contributed by atoms with Crippen LogP contribution >= 0.6 is 0 Å². The molecule has 1 aliphatic rings. The first-order chi connectivity index (χ1) is 19.0. The number of fused-ring (bicyclic) bond motifs is 1. The summed E-state index contributed by atoms with van der Waals surface area (Å²) in [5.74, 6) is -4.74. The number of carbonyl (C=O) groups is 3. The van der Waals surface area contributed by atoms with Crippen LogP contribution in [0, 0.1) is 12.8 Å². The van der Waals surface area contributed by atoms with E-state index < -0.39 is 29.5 Å². The fourth-order valence-corrected chi connectivity index (χ4v) is 4.29. The molecule has 2 aromatic heterocycles. The molecule has 0 saturated carbocycles. The number of esters is 1. The number of nitrogens with zero attached hydrogens (tertiary/aromatic N) is 2. The third-order valence-electron chi connectivity index (χ3n) is 6.10. The van der Waals surface area contributed by atoms with E-state index in [1.165, 1.54) is 0 Å². The van der Waals surface area contributed by atoms with Crippen LogP contribution in [-0.2, 0) is 23.9 Å². The predicted octanol–water partition coefficient (Wildman–Crippen LogP) is 2.81. The molecular formula is C28H35N5O7. The number of pyridine rings is 1. The first-order valence-corrected chi connectivity index (χ1v) is 12.7. The van der Waals surface area contributed by atoms with Gasteiger partial charge in [0.05, 0.1) is 13.2 Å². The van der Waals surface area contributed by atoms with Crippen molar-refractivity contribution in [3.8, 4) is 0 Å². The topological polar surface area (TPSA) is 166 Å². The Balaban J connectivity index is 0.00000103. The molecule has 3 heterocycles. The van der Waals surface area contributed by atoms with Gasteiger partial charge in [0, 0.05) is 48.2 Å². The number of nitrogens with one attached hydrogen (secondary N) is 3. The number of ether oxygens (including phenoxy) is 2. The number of ketones is 1. The van der Waals surface area contributed by atoms with Gasteiger partial charge in [-0.1, -0.05) is 0 Å². The molecule has 2 atom stereocenters. The number of rotatable bonds is 9. The number of aromatic amines is 1. The molecule has 3 aromatic rings. The molecule has 1 saturated heterocycles. The van der Waals surface area contributed by atoms with Crippen LogP contribution in [0.1, 0.15) is 25.0 Å². The molecule has 1 aromatic carbocycles. The van der Waals surface area contributed by atoms with Crippen LogP contribution < -0.4 is 10.6 Å². The van der Waals surface area contributed by atoms with Crippen molar-refractivity contribution in [1.29, 1.82) is 0 Å². The second kappa shape index (κ2) is 13.1. The van der Waals surface area contributed by atoms with E-state index in [2.05, 4.69) is 20.6 Å². The number of carboxylic acids is 1. The highest BCUT2D eigenvalue weighted by molar-refractivity contribution is 6.13. The second-order valence-corrected chi connectivity index (χ2v) is 9.22. The number of H-pyrrole nitrogens is 1. The third kappa shape index (κ3) is 6.58. The summed E-state index contributed by atoms with van der Waals surface area (Å²) < 4.78 is 11.6. The van der Waals surface area contributed by atoms with Gasteiger partial charge < -0.3 is 35.3 Å². The number of aromatic nitrogens is 2. The van der Waals surface area contributed by atoms with E-state index >= 15 is 0 Å². The third-order valence-corrected chi connectivity index (χ3v) is 6.10. The van der Waals surface area contributed by atoms with Crippen LogP contribution in [0.15, 0.2) is 48.5 Å². The molecule has 4 rings (SSSR count). The van der Waals surface area contributed by atoms with Gasteiger partial charge in [-0.2, -0.15) is 0 Å². The van der Waals surface area contributed by atoms with Crippen LogP contribution in [0.2, 0.25) is 0 Å². The van der Waals surface area contributed by atoms with E-state index in [9.17, 15) is 9.59 Å². The second-order valence-electron chi connectivity index (χ2n) is 9.22. The Kier molecular flexibility index (Phi) is 9.86. The van der Waals surface area contributed by atoms with E-state index in [0.717, 1.165) is 23.6 Å². The van der Waals surface area contributed by atoms with Gasteiger partial charge in [0.1, 0.15) is 5.65 Å². The smallest absolute Gasteiger partial charge is 0.324 e. The molecule has 5 N–H and O–H groups in total.